The van der Waals surface area contributed by atoms with Crippen molar-refractivity contribution in [2.45, 2.75) is 38.2 Å². The first-order chi connectivity index (χ1) is 11.1. The van der Waals surface area contributed by atoms with Crippen molar-refractivity contribution in [3.63, 3.8) is 0 Å². The number of ether oxygens (including phenoxy) is 1. The molecule has 0 aliphatic carbocycles. The Kier molecular flexibility index (Phi) is 4.56. The predicted octanol–water partition coefficient (Wildman–Crippen LogP) is 0.845. The smallest absolute Gasteiger partial charge is 0.167 e. The van der Waals surface area contributed by atoms with Crippen LogP contribution in [-0.2, 0) is 4.74 Å². The van der Waals surface area contributed by atoms with Gasteiger partial charge >= 0.3 is 0 Å². The second-order valence-electron chi connectivity index (χ2n) is 5.80. The van der Waals surface area contributed by atoms with Crippen molar-refractivity contribution < 1.29 is 14.9 Å². The number of hydrogen-bond acceptors (Lipinski definition) is 7. The highest BCUT2D eigenvalue weighted by Crippen LogP contribution is 2.31. The summed E-state index contributed by atoms with van der Waals surface area (Å²) in [5.74, 6) is 0.659. The number of nitrogens with one attached hydrogen (secondary N) is 1. The molecule has 0 aromatic carbocycles. The average molecular weight is 319 g/mol. The van der Waals surface area contributed by atoms with Crippen molar-refractivity contribution in [3.05, 3.63) is 24.8 Å². The SMILES string of the molecule is C=C(C)CCNc1ncnc2c1ncn2[C@H]1C[C@H](O)[C@@H](CO)O1. The van der Waals surface area contributed by atoms with E-state index in [1.165, 1.54) is 6.33 Å². The summed E-state index contributed by atoms with van der Waals surface area (Å²) in [6, 6.07) is 0. The summed E-state index contributed by atoms with van der Waals surface area (Å²) in [5, 5.41) is 22.3. The Hall–Kier alpha value is -2.03. The molecule has 0 spiro atoms. The molecular weight excluding hydrogens is 298 g/mol. The lowest BCUT2D eigenvalue weighted by Crippen LogP contribution is -2.24. The number of anilines is 1. The second-order valence-corrected chi connectivity index (χ2v) is 5.80. The van der Waals surface area contributed by atoms with E-state index in [0.29, 0.717) is 23.4 Å². The van der Waals surface area contributed by atoms with Gasteiger partial charge < -0.3 is 20.3 Å². The first-order valence-electron chi connectivity index (χ1n) is 7.60. The van der Waals surface area contributed by atoms with Crippen molar-refractivity contribution in [2.75, 3.05) is 18.5 Å². The van der Waals surface area contributed by atoms with Gasteiger partial charge in [-0.3, -0.25) is 4.57 Å². The maximum absolute atomic E-state index is 9.88. The molecule has 8 heteroatoms. The zero-order chi connectivity index (χ0) is 16.4. The molecule has 0 saturated carbocycles. The lowest BCUT2D eigenvalue weighted by atomic mass is 10.2. The van der Waals surface area contributed by atoms with Gasteiger partial charge in [0.1, 0.15) is 18.7 Å². The molecule has 0 radical (unpaired) electrons. The fourth-order valence-corrected chi connectivity index (χ4v) is 2.64. The number of rotatable bonds is 6. The lowest BCUT2D eigenvalue weighted by Gasteiger charge is -2.13. The highest BCUT2D eigenvalue weighted by Gasteiger charge is 2.35. The highest BCUT2D eigenvalue weighted by atomic mass is 16.5. The first-order valence-corrected chi connectivity index (χ1v) is 7.60. The maximum atomic E-state index is 9.88. The molecule has 1 aliphatic heterocycles. The number of fused-ring (bicyclic) bond motifs is 1. The van der Waals surface area contributed by atoms with Gasteiger partial charge in [0.15, 0.2) is 17.0 Å². The van der Waals surface area contributed by atoms with Gasteiger partial charge in [0.05, 0.1) is 19.0 Å². The average Bonchev–Trinajstić information content (AvgIpc) is 3.10. The molecule has 3 heterocycles. The normalized spacial score (nSPS) is 24.2. The number of aromatic nitrogens is 4. The summed E-state index contributed by atoms with van der Waals surface area (Å²) in [7, 11) is 0. The summed E-state index contributed by atoms with van der Waals surface area (Å²) in [6.45, 7) is 6.36. The largest absolute Gasteiger partial charge is 0.394 e. The van der Waals surface area contributed by atoms with E-state index >= 15 is 0 Å². The van der Waals surface area contributed by atoms with Crippen LogP contribution in [0.1, 0.15) is 26.0 Å². The van der Waals surface area contributed by atoms with E-state index in [4.69, 9.17) is 4.74 Å². The fraction of sp³-hybridized carbons (Fsp3) is 0.533. The zero-order valence-electron chi connectivity index (χ0n) is 13.0. The maximum Gasteiger partial charge on any atom is 0.167 e. The molecule has 124 valence electrons. The van der Waals surface area contributed by atoms with Gasteiger partial charge in [-0.1, -0.05) is 5.57 Å². The van der Waals surface area contributed by atoms with Gasteiger partial charge in [-0.25, -0.2) is 15.0 Å². The minimum absolute atomic E-state index is 0.215. The first kappa shape index (κ1) is 15.9. The molecule has 0 amide bonds. The van der Waals surface area contributed by atoms with Gasteiger partial charge in [-0.2, -0.15) is 0 Å². The summed E-state index contributed by atoms with van der Waals surface area (Å²) in [5.41, 5.74) is 2.38. The minimum Gasteiger partial charge on any atom is -0.394 e. The Morgan fingerprint density at radius 1 is 1.48 bits per heavy atom. The third-order valence-electron chi connectivity index (χ3n) is 3.90. The molecule has 8 nitrogen and oxygen atoms in total. The third-order valence-corrected chi connectivity index (χ3v) is 3.90. The van der Waals surface area contributed by atoms with E-state index in [1.807, 2.05) is 6.92 Å². The van der Waals surface area contributed by atoms with Crippen molar-refractivity contribution in [2.24, 2.45) is 0 Å². The van der Waals surface area contributed by atoms with Crippen LogP contribution in [0.15, 0.2) is 24.8 Å². The van der Waals surface area contributed by atoms with Crippen LogP contribution in [-0.4, -0.2) is 55.1 Å². The summed E-state index contributed by atoms with van der Waals surface area (Å²) < 4.78 is 7.42. The van der Waals surface area contributed by atoms with E-state index < -0.39 is 18.4 Å². The summed E-state index contributed by atoms with van der Waals surface area (Å²) in [4.78, 5) is 12.9. The van der Waals surface area contributed by atoms with E-state index in [9.17, 15) is 10.2 Å². The number of imidazole rings is 1. The molecule has 2 aromatic heterocycles. The number of nitrogens with zero attached hydrogens (tertiary/aromatic N) is 4. The Bertz CT molecular complexity index is 701. The number of aliphatic hydroxyl groups excluding tert-OH is 2. The number of hydrogen-bond donors (Lipinski definition) is 3. The Morgan fingerprint density at radius 3 is 3.00 bits per heavy atom. The van der Waals surface area contributed by atoms with Crippen LogP contribution < -0.4 is 5.32 Å². The van der Waals surface area contributed by atoms with Gasteiger partial charge in [0.2, 0.25) is 0 Å². The third kappa shape index (κ3) is 3.19. The lowest BCUT2D eigenvalue weighted by molar-refractivity contribution is -0.0432. The molecule has 3 N–H and O–H groups in total. The van der Waals surface area contributed by atoms with Gasteiger partial charge in [0.25, 0.3) is 0 Å². The molecule has 0 bridgehead atoms. The van der Waals surface area contributed by atoms with Gasteiger partial charge in [-0.15, -0.1) is 6.58 Å². The van der Waals surface area contributed by atoms with Crippen LogP contribution in [0.3, 0.4) is 0 Å². The monoisotopic (exact) mass is 319 g/mol. The highest BCUT2D eigenvalue weighted by molar-refractivity contribution is 5.82. The molecule has 3 rings (SSSR count). The van der Waals surface area contributed by atoms with Crippen LogP contribution in [0.4, 0.5) is 5.82 Å². The van der Waals surface area contributed by atoms with Crippen molar-refractivity contribution in [3.8, 4) is 0 Å². The molecule has 1 fully saturated rings. The topological polar surface area (TPSA) is 105 Å². The number of aliphatic hydroxyl groups is 2. The molecule has 1 saturated heterocycles. The molecule has 3 atom stereocenters. The predicted molar refractivity (Wildman–Crippen MR) is 84.9 cm³/mol. The van der Waals surface area contributed by atoms with Gasteiger partial charge in [-0.05, 0) is 13.3 Å². The fourth-order valence-electron chi connectivity index (χ4n) is 2.64. The molecule has 0 unspecified atom stereocenters. The Morgan fingerprint density at radius 2 is 2.30 bits per heavy atom. The van der Waals surface area contributed by atoms with Crippen molar-refractivity contribution in [1.29, 1.82) is 0 Å². The van der Waals surface area contributed by atoms with Crippen LogP contribution >= 0.6 is 0 Å². The van der Waals surface area contributed by atoms with Crippen LogP contribution in [0, 0.1) is 0 Å². The van der Waals surface area contributed by atoms with Gasteiger partial charge in [0, 0.05) is 13.0 Å². The quantitative estimate of drug-likeness (QED) is 0.678. The van der Waals surface area contributed by atoms with Crippen molar-refractivity contribution in [1.82, 2.24) is 19.5 Å². The molecule has 2 aromatic rings. The standard InChI is InChI=1S/C15H21N5O3/c1-9(2)3-4-16-14-13-15(18-7-17-14)20(8-19-13)12-5-10(22)11(6-21)23-12/h7-8,10-12,21-22H,1,3-6H2,2H3,(H,16,17,18)/t10-,11+,12+/m0/s1. The second kappa shape index (κ2) is 6.61. The van der Waals surface area contributed by atoms with E-state index in [1.54, 1.807) is 10.9 Å². The molecule has 1 aliphatic rings. The molecular formula is C15H21N5O3. The van der Waals surface area contributed by atoms with Crippen LogP contribution in [0.5, 0.6) is 0 Å². The summed E-state index contributed by atoms with van der Waals surface area (Å²) >= 11 is 0. The zero-order valence-corrected chi connectivity index (χ0v) is 13.0. The van der Waals surface area contributed by atoms with E-state index in [2.05, 4.69) is 26.8 Å². The van der Waals surface area contributed by atoms with Crippen LogP contribution in [0.2, 0.25) is 0 Å². The Labute approximate surface area is 133 Å². The van der Waals surface area contributed by atoms with Crippen LogP contribution in [0.25, 0.3) is 11.2 Å². The van der Waals surface area contributed by atoms with E-state index in [0.717, 1.165) is 18.5 Å². The Balaban J connectivity index is 1.82. The minimum atomic E-state index is -0.697. The van der Waals surface area contributed by atoms with Crippen molar-refractivity contribution >= 4 is 17.0 Å². The molecule has 23 heavy (non-hydrogen) atoms. The summed E-state index contributed by atoms with van der Waals surface area (Å²) in [6.07, 6.45) is 2.66. The van der Waals surface area contributed by atoms with E-state index in [-0.39, 0.29) is 6.61 Å².